The molecule has 79 heavy (non-hydrogen) atoms. The van der Waals surface area contributed by atoms with Gasteiger partial charge in [-0.15, -0.1) is 0 Å². The first-order valence-electron chi connectivity index (χ1n) is 30.7. The van der Waals surface area contributed by atoms with Crippen LogP contribution in [0, 0.1) is 0 Å². The lowest BCUT2D eigenvalue weighted by Gasteiger charge is -2.27. The minimum Gasteiger partial charge on any atom is -0.756 e. The Labute approximate surface area is 482 Å². The lowest BCUT2D eigenvalue weighted by molar-refractivity contribution is -0.870. The van der Waals surface area contributed by atoms with E-state index in [1.54, 1.807) is 19.2 Å². The lowest BCUT2D eigenvalue weighted by atomic mass is 10.0. The molecule has 1 amide bonds. The largest absolute Gasteiger partial charge is 0.756 e. The van der Waals surface area contributed by atoms with Gasteiger partial charge in [0.05, 0.1) is 61.1 Å². The number of rotatable bonds is 50. The molecule has 2 atom stereocenters. The molecular weight excluding hydrogens is 1040 g/mol. The summed E-state index contributed by atoms with van der Waals surface area (Å²) in [6.45, 7) is 1.99. The SMILES string of the molecule is CN.CNC(=O)c1ccc(CCCCCCCCCCCCCCCCCCOP(=O)([O-])OCC[N+](C)(C)C)cc1.C[N+](C)(C)CCOP(=O)([O-])OCCCCCCCCCCCCCCCCCCc1ccc(C(=O)O)cc1. The second-order valence-corrected chi connectivity index (χ2v) is 26.2. The smallest absolute Gasteiger partial charge is 0.335 e. The van der Waals surface area contributed by atoms with Crippen LogP contribution < -0.4 is 20.8 Å². The Kier molecular flexibility index (Phi) is 47.4. The molecule has 0 saturated heterocycles. The van der Waals surface area contributed by atoms with E-state index in [9.17, 15) is 28.5 Å². The molecule has 2 aromatic rings. The third-order valence-electron chi connectivity index (χ3n) is 13.9. The molecule has 0 spiro atoms. The van der Waals surface area contributed by atoms with Crippen LogP contribution in [-0.4, -0.2) is 122 Å². The monoisotopic (exact) mass is 1150 g/mol. The molecule has 0 bridgehead atoms. The van der Waals surface area contributed by atoms with E-state index in [1.165, 1.54) is 185 Å². The molecule has 2 unspecified atom stereocenters. The maximum Gasteiger partial charge on any atom is 0.335 e. The number of carboxylic acids is 1. The van der Waals surface area contributed by atoms with Crippen LogP contribution in [0.15, 0.2) is 48.5 Å². The van der Waals surface area contributed by atoms with Crippen molar-refractivity contribution < 1.29 is 60.7 Å². The quantitative estimate of drug-likeness (QED) is 0.0321. The van der Waals surface area contributed by atoms with E-state index < -0.39 is 21.6 Å². The zero-order chi connectivity index (χ0) is 58.9. The number of nitrogens with two attached hydrogens (primary N) is 1. The van der Waals surface area contributed by atoms with Gasteiger partial charge in [-0.2, -0.15) is 0 Å². The Bertz CT molecular complexity index is 1840. The number of hydrogen-bond donors (Lipinski definition) is 3. The minimum atomic E-state index is -4.16. The zero-order valence-corrected chi connectivity index (χ0v) is 53.1. The van der Waals surface area contributed by atoms with Gasteiger partial charge in [-0.05, 0) is 81.0 Å². The number of nitrogens with zero attached hydrogens (tertiary/aromatic N) is 2. The maximum atomic E-state index is 11.7. The summed E-state index contributed by atoms with van der Waals surface area (Å²) in [5, 5.41) is 11.6. The van der Waals surface area contributed by atoms with E-state index in [4.69, 9.17) is 23.2 Å². The van der Waals surface area contributed by atoms with E-state index >= 15 is 0 Å². The third kappa shape index (κ3) is 50.9. The second kappa shape index (κ2) is 49.0. The van der Waals surface area contributed by atoms with Crippen LogP contribution >= 0.6 is 15.6 Å². The average Bonchev–Trinajstić information content (AvgIpc) is 3.39. The number of benzene rings is 2. The van der Waals surface area contributed by atoms with Crippen molar-refractivity contribution in [2.75, 3.05) is 95.9 Å². The molecule has 0 aromatic heterocycles. The molecular formula is C62H116N4O11P2. The van der Waals surface area contributed by atoms with Gasteiger partial charge in [-0.25, -0.2) is 4.79 Å². The van der Waals surface area contributed by atoms with Gasteiger partial charge >= 0.3 is 5.97 Å². The van der Waals surface area contributed by atoms with E-state index in [0.29, 0.717) is 27.6 Å². The van der Waals surface area contributed by atoms with Crippen LogP contribution in [0.1, 0.15) is 237 Å². The number of likely N-dealkylation sites (N-methyl/N-ethyl adjacent to an activating group) is 2. The molecule has 0 aliphatic rings. The number of phosphoric acid groups is 2. The maximum absolute atomic E-state index is 11.7. The highest BCUT2D eigenvalue weighted by molar-refractivity contribution is 7.46. The zero-order valence-electron chi connectivity index (χ0n) is 51.3. The van der Waals surface area contributed by atoms with Gasteiger partial charge in [0.1, 0.15) is 26.3 Å². The van der Waals surface area contributed by atoms with Gasteiger partial charge in [-0.3, -0.25) is 13.9 Å². The van der Waals surface area contributed by atoms with Crippen molar-refractivity contribution in [1.29, 1.82) is 0 Å². The van der Waals surface area contributed by atoms with Crippen molar-refractivity contribution in [3.63, 3.8) is 0 Å². The van der Waals surface area contributed by atoms with Crippen LogP contribution in [0.25, 0.3) is 0 Å². The number of carboxylic acid groups (broad SMARTS) is 1. The fraction of sp³-hybridized carbons (Fsp3) is 0.774. The van der Waals surface area contributed by atoms with E-state index in [2.05, 4.69) is 23.2 Å². The summed E-state index contributed by atoms with van der Waals surface area (Å²) < 4.78 is 44.5. The van der Waals surface area contributed by atoms with Crippen LogP contribution in [0.3, 0.4) is 0 Å². The fourth-order valence-corrected chi connectivity index (χ4v) is 10.3. The molecule has 0 radical (unpaired) electrons. The highest BCUT2D eigenvalue weighted by Crippen LogP contribution is 2.39. The topological polar surface area (TPSA) is 210 Å². The van der Waals surface area contributed by atoms with Gasteiger partial charge in [-0.1, -0.05) is 204 Å². The van der Waals surface area contributed by atoms with Gasteiger partial charge < -0.3 is 53.0 Å². The molecule has 0 fully saturated rings. The third-order valence-corrected chi connectivity index (χ3v) is 15.9. The Morgan fingerprint density at radius 1 is 0.418 bits per heavy atom. The Balaban J connectivity index is 0.00000149. The Morgan fingerprint density at radius 2 is 0.646 bits per heavy atom. The number of aryl methyl sites for hydroxylation is 2. The predicted octanol–water partition coefficient (Wildman–Crippen LogP) is 14.0. The molecule has 0 aliphatic carbocycles. The van der Waals surface area contributed by atoms with Crippen molar-refractivity contribution in [3.8, 4) is 0 Å². The molecule has 17 heteroatoms. The first-order valence-corrected chi connectivity index (χ1v) is 33.7. The number of carbonyl (C=O) groups excluding carboxylic acids is 1. The molecule has 15 nitrogen and oxygen atoms in total. The first kappa shape index (κ1) is 76.5. The van der Waals surface area contributed by atoms with Crippen molar-refractivity contribution in [2.24, 2.45) is 5.73 Å². The van der Waals surface area contributed by atoms with E-state index in [0.717, 1.165) is 56.9 Å². The fourth-order valence-electron chi connectivity index (χ4n) is 8.87. The molecule has 0 aliphatic heterocycles. The number of carbonyl (C=O) groups is 2. The number of nitrogens with one attached hydrogen (secondary N) is 1. The summed E-state index contributed by atoms with van der Waals surface area (Å²) in [6, 6.07) is 15.2. The van der Waals surface area contributed by atoms with Gasteiger partial charge in [0.15, 0.2) is 0 Å². The van der Waals surface area contributed by atoms with E-state index in [1.807, 2.05) is 66.6 Å². The van der Waals surface area contributed by atoms with Gasteiger partial charge in [0.25, 0.3) is 21.6 Å². The van der Waals surface area contributed by atoms with Crippen molar-refractivity contribution >= 4 is 27.5 Å². The number of quaternary nitrogens is 2. The van der Waals surface area contributed by atoms with Gasteiger partial charge in [0, 0.05) is 12.6 Å². The Morgan fingerprint density at radius 3 is 0.886 bits per heavy atom. The molecule has 0 saturated carbocycles. The summed E-state index contributed by atoms with van der Waals surface area (Å²) in [5.74, 6) is -0.889. The summed E-state index contributed by atoms with van der Waals surface area (Å²) >= 11 is 0. The van der Waals surface area contributed by atoms with Crippen molar-refractivity contribution in [1.82, 2.24) is 5.32 Å². The van der Waals surface area contributed by atoms with Crippen molar-refractivity contribution in [2.45, 2.75) is 218 Å². The summed E-state index contributed by atoms with van der Waals surface area (Å²) in [7, 11) is 6.79. The molecule has 2 rings (SSSR count). The minimum absolute atomic E-state index is 0.0254. The summed E-state index contributed by atoms with van der Waals surface area (Å²) in [4.78, 5) is 45.9. The summed E-state index contributed by atoms with van der Waals surface area (Å²) in [6.07, 6.45) is 41.8. The van der Waals surface area contributed by atoms with E-state index in [-0.39, 0.29) is 32.3 Å². The highest BCUT2D eigenvalue weighted by Gasteiger charge is 2.15. The molecule has 460 valence electrons. The molecule has 4 N–H and O–H groups in total. The number of aromatic carboxylic acids is 1. The summed E-state index contributed by atoms with van der Waals surface area (Å²) in [5.41, 5.74) is 8.13. The van der Waals surface area contributed by atoms with Gasteiger partial charge in [0.2, 0.25) is 0 Å². The number of hydrogen-bond acceptors (Lipinski definition) is 11. The van der Waals surface area contributed by atoms with Crippen LogP contribution in [0.4, 0.5) is 0 Å². The predicted molar refractivity (Wildman–Crippen MR) is 323 cm³/mol. The normalized spacial score (nSPS) is 13.2. The highest BCUT2D eigenvalue weighted by atomic mass is 31.2. The van der Waals surface area contributed by atoms with Crippen LogP contribution in [0.2, 0.25) is 0 Å². The standard InChI is InChI=1S/C31H57N2O5P.C30H54NO6P.CH5N/c1-32-31(34)30-24-22-29(23-25-30)21-19-17-15-13-11-9-7-5-6-8-10-12-14-16-18-20-27-37-39(35,36)38-28-26-33(2,3)4;1-31(2,3)25-27-37-38(34,35)36-26-19-17-15-13-11-9-7-5-4-6-8-10-12-14-16-18-20-28-21-23-29(24-22-28)30(32)33;1-2/h22-25H,5-21,26-28H2,1-4H3,(H-,32,34,35,36);21-24H,4-20,25-27H2,1-3H3,(H-,32,33,34,35);2H2,1H3. The average molecular weight is 1160 g/mol. The number of amides is 1. The number of phosphoric ester groups is 2. The molecule has 2 aromatic carbocycles. The van der Waals surface area contributed by atoms with Crippen molar-refractivity contribution in [3.05, 3.63) is 70.8 Å². The second-order valence-electron chi connectivity index (χ2n) is 23.3. The lowest BCUT2D eigenvalue weighted by Crippen LogP contribution is -2.37. The number of unbranched alkanes of at least 4 members (excludes halogenated alkanes) is 30. The molecule has 0 heterocycles. The van der Waals surface area contributed by atoms with Crippen LogP contribution in [-0.2, 0) is 40.1 Å². The van der Waals surface area contributed by atoms with Crippen LogP contribution in [0.5, 0.6) is 0 Å². The first-order chi connectivity index (χ1) is 37.7. The Hall–Kier alpha value is -2.52.